The number of ether oxygens (including phenoxy) is 1. The standard InChI is InChI=1S/C13H20N2O2/c1-4-11(15-13(16)9-14-2)10-7-5-6-8-12(10)17-3/h5-8,11,14H,4,9H2,1-3H3,(H,15,16). The van der Waals surface area contributed by atoms with Gasteiger partial charge in [-0.2, -0.15) is 0 Å². The molecule has 0 radical (unpaired) electrons. The van der Waals surface area contributed by atoms with E-state index in [1.807, 2.05) is 31.2 Å². The van der Waals surface area contributed by atoms with Gasteiger partial charge >= 0.3 is 0 Å². The lowest BCUT2D eigenvalue weighted by molar-refractivity contribution is -0.120. The van der Waals surface area contributed by atoms with Crippen molar-refractivity contribution in [3.63, 3.8) is 0 Å². The molecule has 2 N–H and O–H groups in total. The summed E-state index contributed by atoms with van der Waals surface area (Å²) in [5.74, 6) is 0.800. The monoisotopic (exact) mass is 236 g/mol. The highest BCUT2D eigenvalue weighted by Crippen LogP contribution is 2.26. The molecule has 1 unspecified atom stereocenters. The number of carbonyl (C=O) groups is 1. The Balaban J connectivity index is 2.82. The molecule has 0 heterocycles. The molecule has 1 rings (SSSR count). The lowest BCUT2D eigenvalue weighted by atomic mass is 10.0. The fourth-order valence-electron chi connectivity index (χ4n) is 1.76. The molecular formula is C13H20N2O2. The largest absolute Gasteiger partial charge is 0.496 e. The Kier molecular flexibility index (Phi) is 5.49. The van der Waals surface area contributed by atoms with Gasteiger partial charge in [-0.3, -0.25) is 4.79 Å². The van der Waals surface area contributed by atoms with Gasteiger partial charge in [-0.1, -0.05) is 25.1 Å². The van der Waals surface area contributed by atoms with Gasteiger partial charge in [0, 0.05) is 5.56 Å². The number of carbonyl (C=O) groups excluding carboxylic acids is 1. The molecule has 0 aliphatic carbocycles. The zero-order chi connectivity index (χ0) is 12.7. The van der Waals surface area contributed by atoms with Gasteiger partial charge in [-0.05, 0) is 19.5 Å². The smallest absolute Gasteiger partial charge is 0.234 e. The predicted molar refractivity (Wildman–Crippen MR) is 68.1 cm³/mol. The second-order valence-electron chi connectivity index (χ2n) is 3.80. The van der Waals surface area contributed by atoms with E-state index >= 15 is 0 Å². The Morgan fingerprint density at radius 1 is 1.41 bits per heavy atom. The number of hydrogen-bond acceptors (Lipinski definition) is 3. The van der Waals surface area contributed by atoms with Crippen LogP contribution in [-0.4, -0.2) is 26.6 Å². The molecule has 0 saturated heterocycles. The summed E-state index contributed by atoms with van der Waals surface area (Å²) < 4.78 is 5.30. The highest BCUT2D eigenvalue weighted by atomic mass is 16.5. The predicted octanol–water partition coefficient (Wildman–Crippen LogP) is 1.48. The molecule has 0 bridgehead atoms. The first-order valence-corrected chi connectivity index (χ1v) is 5.79. The van der Waals surface area contributed by atoms with E-state index in [1.54, 1.807) is 14.2 Å². The van der Waals surface area contributed by atoms with Gasteiger partial charge in [-0.25, -0.2) is 0 Å². The second-order valence-corrected chi connectivity index (χ2v) is 3.80. The minimum absolute atomic E-state index is 0.00741. The first-order chi connectivity index (χ1) is 8.22. The van der Waals surface area contributed by atoms with Gasteiger partial charge in [0.2, 0.25) is 5.91 Å². The fourth-order valence-corrected chi connectivity index (χ4v) is 1.76. The van der Waals surface area contributed by atoms with Gasteiger partial charge in [0.05, 0.1) is 19.7 Å². The van der Waals surface area contributed by atoms with Crippen molar-refractivity contribution >= 4 is 5.91 Å². The Morgan fingerprint density at radius 3 is 2.71 bits per heavy atom. The Morgan fingerprint density at radius 2 is 2.12 bits per heavy atom. The number of hydrogen-bond donors (Lipinski definition) is 2. The van der Waals surface area contributed by atoms with Crippen molar-refractivity contribution in [2.45, 2.75) is 19.4 Å². The second kappa shape index (κ2) is 6.91. The third-order valence-electron chi connectivity index (χ3n) is 2.60. The van der Waals surface area contributed by atoms with Crippen molar-refractivity contribution in [1.29, 1.82) is 0 Å². The van der Waals surface area contributed by atoms with Crippen LogP contribution >= 0.6 is 0 Å². The Bertz CT molecular complexity index is 366. The minimum Gasteiger partial charge on any atom is -0.496 e. The van der Waals surface area contributed by atoms with E-state index in [-0.39, 0.29) is 11.9 Å². The van der Waals surface area contributed by atoms with Crippen LogP contribution in [0.2, 0.25) is 0 Å². The van der Waals surface area contributed by atoms with E-state index in [0.29, 0.717) is 6.54 Å². The molecule has 0 saturated carbocycles. The van der Waals surface area contributed by atoms with Gasteiger partial charge in [0.1, 0.15) is 5.75 Å². The van der Waals surface area contributed by atoms with Crippen LogP contribution < -0.4 is 15.4 Å². The Labute approximate surface area is 102 Å². The average molecular weight is 236 g/mol. The number of para-hydroxylation sites is 1. The summed E-state index contributed by atoms with van der Waals surface area (Å²) in [6.45, 7) is 2.36. The zero-order valence-electron chi connectivity index (χ0n) is 10.6. The summed E-state index contributed by atoms with van der Waals surface area (Å²) in [5, 5.41) is 5.81. The molecule has 0 aliphatic heterocycles. The van der Waals surface area contributed by atoms with E-state index in [4.69, 9.17) is 4.74 Å². The minimum atomic E-state index is -0.00902. The van der Waals surface area contributed by atoms with Gasteiger partial charge < -0.3 is 15.4 Å². The summed E-state index contributed by atoms with van der Waals surface area (Å²) >= 11 is 0. The maximum atomic E-state index is 11.6. The lowest BCUT2D eigenvalue weighted by Crippen LogP contribution is -2.35. The normalized spacial score (nSPS) is 11.9. The molecule has 94 valence electrons. The highest BCUT2D eigenvalue weighted by Gasteiger charge is 2.15. The van der Waals surface area contributed by atoms with Crippen LogP contribution in [0, 0.1) is 0 Å². The maximum absolute atomic E-state index is 11.6. The maximum Gasteiger partial charge on any atom is 0.234 e. The molecule has 0 fully saturated rings. The molecule has 17 heavy (non-hydrogen) atoms. The first kappa shape index (κ1) is 13.5. The van der Waals surface area contributed by atoms with Crippen LogP contribution in [0.5, 0.6) is 5.75 Å². The van der Waals surface area contributed by atoms with Crippen LogP contribution in [-0.2, 0) is 4.79 Å². The van der Waals surface area contributed by atoms with Crippen LogP contribution in [0.15, 0.2) is 24.3 Å². The lowest BCUT2D eigenvalue weighted by Gasteiger charge is -2.19. The van der Waals surface area contributed by atoms with Gasteiger partial charge in [0.25, 0.3) is 0 Å². The number of rotatable bonds is 6. The summed E-state index contributed by atoms with van der Waals surface area (Å²) in [6.07, 6.45) is 0.829. The van der Waals surface area contributed by atoms with Crippen molar-refractivity contribution in [2.24, 2.45) is 0 Å². The van der Waals surface area contributed by atoms with E-state index in [0.717, 1.165) is 17.7 Å². The van der Waals surface area contributed by atoms with E-state index in [1.165, 1.54) is 0 Å². The fraction of sp³-hybridized carbons (Fsp3) is 0.462. The van der Waals surface area contributed by atoms with Crippen molar-refractivity contribution < 1.29 is 9.53 Å². The average Bonchev–Trinajstić information content (AvgIpc) is 2.36. The molecule has 1 aromatic carbocycles. The molecular weight excluding hydrogens is 216 g/mol. The van der Waals surface area contributed by atoms with Crippen molar-refractivity contribution in [2.75, 3.05) is 20.7 Å². The third-order valence-corrected chi connectivity index (χ3v) is 2.60. The first-order valence-electron chi connectivity index (χ1n) is 5.79. The molecule has 1 amide bonds. The molecule has 1 atom stereocenters. The summed E-state index contributed by atoms with van der Waals surface area (Å²) in [7, 11) is 3.39. The summed E-state index contributed by atoms with van der Waals surface area (Å²) in [5.41, 5.74) is 1.02. The van der Waals surface area contributed by atoms with E-state index in [2.05, 4.69) is 10.6 Å². The van der Waals surface area contributed by atoms with Crippen molar-refractivity contribution in [1.82, 2.24) is 10.6 Å². The van der Waals surface area contributed by atoms with Gasteiger partial charge in [-0.15, -0.1) is 0 Å². The van der Waals surface area contributed by atoms with Crippen LogP contribution in [0.3, 0.4) is 0 Å². The molecule has 4 heteroatoms. The zero-order valence-corrected chi connectivity index (χ0v) is 10.6. The number of methoxy groups -OCH3 is 1. The molecule has 0 spiro atoms. The summed E-state index contributed by atoms with van der Waals surface area (Å²) in [6, 6.07) is 7.75. The highest BCUT2D eigenvalue weighted by molar-refractivity contribution is 5.78. The van der Waals surface area contributed by atoms with Crippen molar-refractivity contribution in [3.05, 3.63) is 29.8 Å². The summed E-state index contributed by atoms with van der Waals surface area (Å²) in [4.78, 5) is 11.6. The number of nitrogens with one attached hydrogen (secondary N) is 2. The topological polar surface area (TPSA) is 50.4 Å². The SMILES string of the molecule is CCC(NC(=O)CNC)c1ccccc1OC. The van der Waals surface area contributed by atoms with Crippen molar-refractivity contribution in [3.8, 4) is 5.75 Å². The van der Waals surface area contributed by atoms with Gasteiger partial charge in [0.15, 0.2) is 0 Å². The van der Waals surface area contributed by atoms with Crippen LogP contribution in [0.25, 0.3) is 0 Å². The Hall–Kier alpha value is -1.55. The van der Waals surface area contributed by atoms with Crippen LogP contribution in [0.1, 0.15) is 24.9 Å². The van der Waals surface area contributed by atoms with E-state index in [9.17, 15) is 4.79 Å². The number of amides is 1. The number of likely N-dealkylation sites (N-methyl/N-ethyl adjacent to an activating group) is 1. The molecule has 0 aliphatic rings. The third kappa shape index (κ3) is 3.75. The quantitative estimate of drug-likeness (QED) is 0.786. The van der Waals surface area contributed by atoms with Crippen LogP contribution in [0.4, 0.5) is 0 Å². The number of benzene rings is 1. The van der Waals surface area contributed by atoms with E-state index < -0.39 is 0 Å². The molecule has 1 aromatic rings. The molecule has 4 nitrogen and oxygen atoms in total. The molecule has 0 aromatic heterocycles.